The number of benzene rings is 1. The van der Waals surface area contributed by atoms with Gasteiger partial charge in [0, 0.05) is 11.6 Å². The highest BCUT2D eigenvalue weighted by Crippen LogP contribution is 2.31. The van der Waals surface area contributed by atoms with E-state index in [4.69, 9.17) is 0 Å². The highest BCUT2D eigenvalue weighted by molar-refractivity contribution is 6.30. The number of anilines is 1. The van der Waals surface area contributed by atoms with Crippen molar-refractivity contribution < 1.29 is 9.59 Å². The van der Waals surface area contributed by atoms with E-state index in [1.807, 2.05) is 6.92 Å². The van der Waals surface area contributed by atoms with Crippen molar-refractivity contribution in [1.82, 2.24) is 0 Å². The third-order valence-corrected chi connectivity index (χ3v) is 3.68. The van der Waals surface area contributed by atoms with Gasteiger partial charge in [0.05, 0.1) is 5.69 Å². The fourth-order valence-electron chi connectivity index (χ4n) is 2.76. The molecule has 3 nitrogen and oxygen atoms in total. The second-order valence-electron chi connectivity index (χ2n) is 5.33. The molecular formula is C17H21NO2. The predicted octanol–water partition coefficient (Wildman–Crippen LogP) is 3.33. The van der Waals surface area contributed by atoms with Gasteiger partial charge in [-0.3, -0.25) is 9.59 Å². The minimum absolute atomic E-state index is 0.198. The average Bonchev–Trinajstić information content (AvgIpc) is 2.64. The Labute approximate surface area is 120 Å². The lowest BCUT2D eigenvalue weighted by Gasteiger charge is -2.22. The maximum atomic E-state index is 12.2. The van der Waals surface area contributed by atoms with Gasteiger partial charge >= 0.3 is 0 Å². The van der Waals surface area contributed by atoms with E-state index in [9.17, 15) is 9.59 Å². The first-order valence-electron chi connectivity index (χ1n) is 7.18. The van der Waals surface area contributed by atoms with E-state index < -0.39 is 0 Å². The van der Waals surface area contributed by atoms with Gasteiger partial charge in [-0.15, -0.1) is 0 Å². The van der Waals surface area contributed by atoms with Crippen LogP contribution in [0.15, 0.2) is 23.8 Å². The van der Waals surface area contributed by atoms with Gasteiger partial charge in [0.25, 0.3) is 11.8 Å². The molecule has 0 saturated carbocycles. The van der Waals surface area contributed by atoms with Gasteiger partial charge < -0.3 is 0 Å². The minimum Gasteiger partial charge on any atom is -0.269 e. The Kier molecular flexibility index (Phi) is 4.07. The van der Waals surface area contributed by atoms with Gasteiger partial charge in [0.2, 0.25) is 0 Å². The Morgan fingerprint density at radius 1 is 1.10 bits per heavy atom. The number of hydrogen-bond acceptors (Lipinski definition) is 2. The number of hydrogen-bond donors (Lipinski definition) is 0. The smallest absolute Gasteiger partial charge is 0.261 e. The van der Waals surface area contributed by atoms with Gasteiger partial charge in [-0.05, 0) is 43.4 Å². The Morgan fingerprint density at radius 2 is 1.80 bits per heavy atom. The van der Waals surface area contributed by atoms with Crippen molar-refractivity contribution in [2.24, 2.45) is 0 Å². The van der Waals surface area contributed by atoms with E-state index in [2.05, 4.69) is 26.0 Å². The molecule has 0 atom stereocenters. The van der Waals surface area contributed by atoms with Crippen LogP contribution in [0.1, 0.15) is 43.9 Å². The molecule has 20 heavy (non-hydrogen) atoms. The first kappa shape index (κ1) is 14.5. The van der Waals surface area contributed by atoms with Crippen molar-refractivity contribution in [3.8, 4) is 0 Å². The topological polar surface area (TPSA) is 37.4 Å². The van der Waals surface area contributed by atoms with E-state index in [1.165, 1.54) is 16.5 Å². The van der Waals surface area contributed by atoms with Crippen molar-refractivity contribution in [1.29, 1.82) is 0 Å². The van der Waals surface area contributed by atoms with Crippen molar-refractivity contribution in [2.75, 3.05) is 4.90 Å². The van der Waals surface area contributed by atoms with Gasteiger partial charge in [-0.2, -0.15) is 0 Å². The van der Waals surface area contributed by atoms with E-state index >= 15 is 0 Å². The lowest BCUT2D eigenvalue weighted by atomic mass is 9.98. The molecule has 0 bridgehead atoms. The van der Waals surface area contributed by atoms with Crippen LogP contribution >= 0.6 is 0 Å². The zero-order chi connectivity index (χ0) is 14.9. The molecule has 0 fully saturated rings. The summed E-state index contributed by atoms with van der Waals surface area (Å²) in [6, 6.07) is 4.21. The second kappa shape index (κ2) is 5.61. The second-order valence-corrected chi connectivity index (χ2v) is 5.33. The molecule has 0 N–H and O–H groups in total. The third kappa shape index (κ3) is 2.40. The van der Waals surface area contributed by atoms with Gasteiger partial charge in [-0.25, -0.2) is 4.90 Å². The number of carbonyl (C=O) groups is 2. The van der Waals surface area contributed by atoms with E-state index in [-0.39, 0.29) is 11.8 Å². The van der Waals surface area contributed by atoms with Crippen LogP contribution in [0.4, 0.5) is 5.69 Å². The summed E-state index contributed by atoms with van der Waals surface area (Å²) >= 11 is 0. The molecule has 1 aromatic rings. The molecule has 0 aliphatic carbocycles. The lowest BCUT2D eigenvalue weighted by Crippen LogP contribution is -2.32. The predicted molar refractivity (Wildman–Crippen MR) is 80.8 cm³/mol. The van der Waals surface area contributed by atoms with Gasteiger partial charge in [0.15, 0.2) is 0 Å². The summed E-state index contributed by atoms with van der Waals surface area (Å²) in [4.78, 5) is 25.6. The summed E-state index contributed by atoms with van der Waals surface area (Å²) in [7, 11) is 0. The van der Waals surface area contributed by atoms with E-state index in [0.717, 1.165) is 36.1 Å². The van der Waals surface area contributed by atoms with E-state index in [0.29, 0.717) is 5.57 Å². The number of amides is 2. The maximum absolute atomic E-state index is 12.2. The quantitative estimate of drug-likeness (QED) is 0.788. The molecule has 0 unspecified atom stereocenters. The van der Waals surface area contributed by atoms with Crippen molar-refractivity contribution in [3.05, 3.63) is 40.5 Å². The minimum atomic E-state index is -0.228. The van der Waals surface area contributed by atoms with Crippen molar-refractivity contribution in [3.63, 3.8) is 0 Å². The Hall–Kier alpha value is -1.90. The third-order valence-electron chi connectivity index (χ3n) is 3.68. The van der Waals surface area contributed by atoms with Crippen molar-refractivity contribution in [2.45, 2.75) is 47.0 Å². The molecule has 0 radical (unpaired) electrons. The Morgan fingerprint density at radius 3 is 2.30 bits per heavy atom. The van der Waals surface area contributed by atoms with Crippen LogP contribution in [0.3, 0.4) is 0 Å². The molecule has 1 heterocycles. The fourth-order valence-corrected chi connectivity index (χ4v) is 2.76. The molecule has 0 aromatic heterocycles. The molecule has 2 amide bonds. The van der Waals surface area contributed by atoms with Gasteiger partial charge in [-0.1, -0.05) is 32.4 Å². The van der Waals surface area contributed by atoms with Crippen LogP contribution in [-0.4, -0.2) is 11.8 Å². The zero-order valence-corrected chi connectivity index (χ0v) is 12.6. The molecular weight excluding hydrogens is 250 g/mol. The summed E-state index contributed by atoms with van der Waals surface area (Å²) in [6.07, 6.45) is 4.34. The highest BCUT2D eigenvalue weighted by Gasteiger charge is 2.32. The number of aryl methyl sites for hydroxylation is 3. The average molecular weight is 271 g/mol. The molecule has 1 aromatic carbocycles. The van der Waals surface area contributed by atoms with Crippen LogP contribution in [0.2, 0.25) is 0 Å². The first-order chi connectivity index (χ1) is 9.49. The monoisotopic (exact) mass is 271 g/mol. The molecule has 0 saturated heterocycles. The van der Waals surface area contributed by atoms with Crippen LogP contribution in [0.25, 0.3) is 0 Å². The molecule has 0 spiro atoms. The van der Waals surface area contributed by atoms with Crippen LogP contribution < -0.4 is 4.90 Å². The Balaban J connectivity index is 2.52. The largest absolute Gasteiger partial charge is 0.269 e. The zero-order valence-electron chi connectivity index (χ0n) is 12.6. The normalized spacial score (nSPS) is 15.0. The van der Waals surface area contributed by atoms with Crippen LogP contribution in [-0.2, 0) is 22.4 Å². The molecule has 1 aliphatic heterocycles. The molecule has 3 heteroatoms. The Bertz CT molecular complexity index is 599. The molecule has 1 aliphatic rings. The van der Waals surface area contributed by atoms with Crippen LogP contribution in [0, 0.1) is 6.92 Å². The van der Waals surface area contributed by atoms with Crippen molar-refractivity contribution >= 4 is 17.5 Å². The van der Waals surface area contributed by atoms with E-state index in [1.54, 1.807) is 6.92 Å². The molecule has 106 valence electrons. The first-order valence-corrected chi connectivity index (χ1v) is 7.18. The summed E-state index contributed by atoms with van der Waals surface area (Å²) in [5.74, 6) is -0.426. The highest BCUT2D eigenvalue weighted by atomic mass is 16.2. The van der Waals surface area contributed by atoms with Gasteiger partial charge in [0.1, 0.15) is 0 Å². The summed E-state index contributed by atoms with van der Waals surface area (Å²) in [6.45, 7) is 7.86. The molecule has 2 rings (SSSR count). The fraction of sp³-hybridized carbons (Fsp3) is 0.412. The SMILES string of the molecule is CCCc1cc(C)c(N2C(=O)C=C(C)C2=O)c(CC)c1. The summed E-state index contributed by atoms with van der Waals surface area (Å²) in [5.41, 5.74) is 4.62. The summed E-state index contributed by atoms with van der Waals surface area (Å²) in [5, 5.41) is 0. The number of rotatable bonds is 4. The van der Waals surface area contributed by atoms with Crippen LogP contribution in [0.5, 0.6) is 0 Å². The number of carbonyl (C=O) groups excluding carboxylic acids is 2. The summed E-state index contributed by atoms with van der Waals surface area (Å²) < 4.78 is 0. The number of nitrogens with zero attached hydrogens (tertiary/aromatic N) is 1. The standard InChI is InChI=1S/C17H21NO2/c1-5-7-13-8-11(3)16(14(6-2)10-13)18-15(19)9-12(4)17(18)20/h8-10H,5-7H2,1-4H3. The maximum Gasteiger partial charge on any atom is 0.261 e. The lowest BCUT2D eigenvalue weighted by molar-refractivity contribution is -0.120. The number of imide groups is 1.